The third-order valence-electron chi connectivity index (χ3n) is 6.02. The molecule has 6 unspecified atom stereocenters. The van der Waals surface area contributed by atoms with Gasteiger partial charge in [0.25, 0.3) is 0 Å². The van der Waals surface area contributed by atoms with Gasteiger partial charge in [0.15, 0.2) is 0 Å². The van der Waals surface area contributed by atoms with Gasteiger partial charge in [-0.25, -0.2) is 0 Å². The highest BCUT2D eigenvalue weighted by Crippen LogP contribution is 2.58. The second-order valence-electron chi connectivity index (χ2n) is 6.55. The molecule has 4 rings (SSSR count). The fourth-order valence-electron chi connectivity index (χ4n) is 5.33. The van der Waals surface area contributed by atoms with Gasteiger partial charge in [0.05, 0.1) is 0 Å². The van der Waals surface area contributed by atoms with Gasteiger partial charge in [-0.05, 0) is 54.8 Å². The van der Waals surface area contributed by atoms with Gasteiger partial charge in [-0.15, -0.1) is 0 Å². The Labute approximate surface area is 93.1 Å². The van der Waals surface area contributed by atoms with Crippen molar-refractivity contribution in [2.45, 2.75) is 44.9 Å². The van der Waals surface area contributed by atoms with Gasteiger partial charge in [-0.1, -0.05) is 37.8 Å². The highest BCUT2D eigenvalue weighted by atomic mass is 14.5. The summed E-state index contributed by atoms with van der Waals surface area (Å²) >= 11 is 0. The van der Waals surface area contributed by atoms with Crippen molar-refractivity contribution in [2.75, 3.05) is 0 Å². The van der Waals surface area contributed by atoms with Crippen LogP contribution in [-0.2, 0) is 0 Å². The Morgan fingerprint density at radius 1 is 0.667 bits per heavy atom. The molecule has 0 aromatic rings. The minimum absolute atomic E-state index is 1.00. The van der Waals surface area contributed by atoms with Crippen molar-refractivity contribution in [3.05, 3.63) is 12.2 Å². The van der Waals surface area contributed by atoms with Gasteiger partial charge >= 0.3 is 0 Å². The monoisotopic (exact) mass is 202 g/mol. The second-order valence-corrected chi connectivity index (χ2v) is 6.55. The molecule has 3 fully saturated rings. The Morgan fingerprint density at radius 2 is 1.20 bits per heavy atom. The van der Waals surface area contributed by atoms with Crippen LogP contribution >= 0.6 is 0 Å². The topological polar surface area (TPSA) is 0 Å². The SMILES string of the molecule is C1=CC2CC1C1CC3CCCCC3CC21. The number of hydrogen-bond donors (Lipinski definition) is 0. The van der Waals surface area contributed by atoms with Crippen molar-refractivity contribution >= 4 is 0 Å². The molecule has 0 aromatic heterocycles. The average Bonchev–Trinajstić information content (AvgIpc) is 2.87. The second kappa shape index (κ2) is 3.12. The van der Waals surface area contributed by atoms with E-state index in [4.69, 9.17) is 0 Å². The Morgan fingerprint density at radius 3 is 1.73 bits per heavy atom. The van der Waals surface area contributed by atoms with Crippen LogP contribution in [0, 0.1) is 35.5 Å². The van der Waals surface area contributed by atoms with Crippen LogP contribution < -0.4 is 0 Å². The molecule has 0 spiro atoms. The van der Waals surface area contributed by atoms with E-state index in [1.165, 1.54) is 19.3 Å². The van der Waals surface area contributed by atoms with Gasteiger partial charge in [0.1, 0.15) is 0 Å². The molecule has 0 radical (unpaired) electrons. The van der Waals surface area contributed by atoms with E-state index in [2.05, 4.69) is 12.2 Å². The van der Waals surface area contributed by atoms with Crippen LogP contribution in [0.15, 0.2) is 12.2 Å². The van der Waals surface area contributed by atoms with Gasteiger partial charge in [-0.3, -0.25) is 0 Å². The lowest BCUT2D eigenvalue weighted by Crippen LogP contribution is -2.35. The molecule has 2 bridgehead atoms. The normalized spacial score (nSPS) is 56.5. The largest absolute Gasteiger partial charge is 0.0848 e. The van der Waals surface area contributed by atoms with E-state index >= 15 is 0 Å². The van der Waals surface area contributed by atoms with Crippen LogP contribution in [0.2, 0.25) is 0 Å². The summed E-state index contributed by atoms with van der Waals surface area (Å²) in [6.07, 6.45) is 16.0. The molecule has 0 heteroatoms. The molecule has 0 nitrogen and oxygen atoms in total. The fourth-order valence-corrected chi connectivity index (χ4v) is 5.33. The van der Waals surface area contributed by atoms with Gasteiger partial charge in [0, 0.05) is 0 Å². The Balaban J connectivity index is 1.60. The summed E-state index contributed by atoms with van der Waals surface area (Å²) in [4.78, 5) is 0. The molecule has 0 heterocycles. The highest BCUT2D eigenvalue weighted by Gasteiger charge is 2.49. The molecule has 0 aliphatic heterocycles. The number of allylic oxidation sites excluding steroid dienone is 2. The van der Waals surface area contributed by atoms with E-state index in [-0.39, 0.29) is 0 Å². The summed E-state index contributed by atoms with van der Waals surface area (Å²) in [6, 6.07) is 0. The standard InChI is InChI=1S/C15H22/c1-2-4-11-9-15-13-6-5-12(7-13)14(15)8-10(11)3-1/h5-6,10-15H,1-4,7-9H2. The van der Waals surface area contributed by atoms with E-state index < -0.39 is 0 Å². The molecular formula is C15H22. The summed E-state index contributed by atoms with van der Waals surface area (Å²) in [5.74, 6) is 6.49. The third-order valence-corrected chi connectivity index (χ3v) is 6.02. The molecule has 0 saturated heterocycles. The molecule has 15 heavy (non-hydrogen) atoms. The Kier molecular flexibility index (Phi) is 1.84. The van der Waals surface area contributed by atoms with Crippen molar-refractivity contribution in [3.8, 4) is 0 Å². The lowest BCUT2D eigenvalue weighted by Gasteiger charge is -2.44. The zero-order chi connectivity index (χ0) is 9.83. The summed E-state index contributed by atoms with van der Waals surface area (Å²) in [5.41, 5.74) is 0. The zero-order valence-electron chi connectivity index (χ0n) is 9.57. The molecule has 6 atom stereocenters. The first-order valence-corrected chi connectivity index (χ1v) is 7.10. The van der Waals surface area contributed by atoms with Crippen LogP contribution in [0.4, 0.5) is 0 Å². The first kappa shape index (κ1) is 8.84. The average molecular weight is 202 g/mol. The summed E-state index contributed by atoms with van der Waals surface area (Å²) in [5, 5.41) is 0. The third kappa shape index (κ3) is 1.20. The van der Waals surface area contributed by atoms with Crippen LogP contribution in [0.1, 0.15) is 44.9 Å². The van der Waals surface area contributed by atoms with Crippen molar-refractivity contribution in [1.29, 1.82) is 0 Å². The fraction of sp³-hybridized carbons (Fsp3) is 0.867. The summed E-state index contributed by atoms with van der Waals surface area (Å²) in [6.45, 7) is 0. The molecule has 82 valence electrons. The summed E-state index contributed by atoms with van der Waals surface area (Å²) in [7, 11) is 0. The molecular weight excluding hydrogens is 180 g/mol. The van der Waals surface area contributed by atoms with Crippen molar-refractivity contribution in [1.82, 2.24) is 0 Å². The van der Waals surface area contributed by atoms with Gasteiger partial charge in [0.2, 0.25) is 0 Å². The number of rotatable bonds is 0. The number of hydrogen-bond acceptors (Lipinski definition) is 0. The smallest absolute Gasteiger partial charge is 0.0196 e. The van der Waals surface area contributed by atoms with E-state index in [0.717, 1.165) is 35.5 Å². The van der Waals surface area contributed by atoms with Crippen molar-refractivity contribution in [2.24, 2.45) is 35.5 Å². The van der Waals surface area contributed by atoms with Gasteiger partial charge < -0.3 is 0 Å². The lowest BCUT2D eigenvalue weighted by molar-refractivity contribution is 0.0718. The van der Waals surface area contributed by atoms with E-state index in [1.54, 1.807) is 25.7 Å². The molecule has 3 saturated carbocycles. The predicted molar refractivity (Wildman–Crippen MR) is 62.4 cm³/mol. The minimum atomic E-state index is 1.00. The first-order chi connectivity index (χ1) is 7.42. The Hall–Kier alpha value is -0.260. The van der Waals surface area contributed by atoms with Crippen LogP contribution in [-0.4, -0.2) is 0 Å². The summed E-state index contributed by atoms with van der Waals surface area (Å²) < 4.78 is 0. The number of fused-ring (bicyclic) bond motifs is 6. The van der Waals surface area contributed by atoms with Crippen molar-refractivity contribution in [3.63, 3.8) is 0 Å². The quantitative estimate of drug-likeness (QED) is 0.520. The maximum atomic E-state index is 2.55. The van der Waals surface area contributed by atoms with E-state index in [0.29, 0.717) is 0 Å². The van der Waals surface area contributed by atoms with E-state index in [9.17, 15) is 0 Å². The first-order valence-electron chi connectivity index (χ1n) is 7.10. The maximum absolute atomic E-state index is 2.55. The molecule has 4 aliphatic rings. The minimum Gasteiger partial charge on any atom is -0.0848 e. The maximum Gasteiger partial charge on any atom is -0.0196 e. The molecule has 0 amide bonds. The van der Waals surface area contributed by atoms with Crippen LogP contribution in [0.3, 0.4) is 0 Å². The van der Waals surface area contributed by atoms with Crippen LogP contribution in [0.25, 0.3) is 0 Å². The Bertz CT molecular complexity index is 262. The predicted octanol–water partition coefficient (Wildman–Crippen LogP) is 4.02. The molecule has 4 aliphatic carbocycles. The highest BCUT2D eigenvalue weighted by molar-refractivity contribution is 5.15. The molecule has 0 aromatic carbocycles. The van der Waals surface area contributed by atoms with Crippen LogP contribution in [0.5, 0.6) is 0 Å². The van der Waals surface area contributed by atoms with Gasteiger partial charge in [-0.2, -0.15) is 0 Å². The van der Waals surface area contributed by atoms with Crippen molar-refractivity contribution < 1.29 is 0 Å². The molecule has 0 N–H and O–H groups in total. The lowest BCUT2D eigenvalue weighted by atomic mass is 9.61. The van der Waals surface area contributed by atoms with E-state index in [1.807, 2.05) is 0 Å². The zero-order valence-corrected chi connectivity index (χ0v) is 9.57.